The second-order valence-corrected chi connectivity index (χ2v) is 8.40. The van der Waals surface area contributed by atoms with Crippen LogP contribution in [0.4, 0.5) is 10.1 Å². The molecule has 0 heterocycles. The number of sulfonamides is 1. The lowest BCUT2D eigenvalue weighted by Crippen LogP contribution is -2.41. The molecule has 0 atom stereocenters. The normalized spacial score (nSPS) is 11.1. The number of nitrogens with zero attached hydrogens (tertiary/aromatic N) is 2. The highest BCUT2D eigenvalue weighted by Gasteiger charge is 2.28. The zero-order valence-electron chi connectivity index (χ0n) is 15.9. The second kappa shape index (κ2) is 8.87. The van der Waals surface area contributed by atoms with Crippen LogP contribution in [0.25, 0.3) is 0 Å². The van der Waals surface area contributed by atoms with Crippen molar-refractivity contribution in [2.24, 2.45) is 0 Å². The Morgan fingerprint density at radius 3 is 2.00 bits per heavy atom. The molecule has 3 aromatic rings. The third-order valence-electron chi connectivity index (χ3n) is 4.41. The summed E-state index contributed by atoms with van der Waals surface area (Å²) in [4.78, 5) is 14.2. The van der Waals surface area contributed by atoms with Crippen LogP contribution in [-0.2, 0) is 21.4 Å². The van der Waals surface area contributed by atoms with Crippen LogP contribution in [0.5, 0.6) is 0 Å². The predicted octanol–water partition coefficient (Wildman–Crippen LogP) is 3.68. The minimum atomic E-state index is -4.05. The molecule has 0 saturated heterocycles. The Bertz CT molecular complexity index is 1060. The number of hydrogen-bond acceptors (Lipinski definition) is 3. The lowest BCUT2D eigenvalue weighted by atomic mass is 10.2. The van der Waals surface area contributed by atoms with Crippen molar-refractivity contribution in [1.29, 1.82) is 0 Å². The third kappa shape index (κ3) is 5.00. The minimum Gasteiger partial charge on any atom is -0.340 e. The molecule has 0 aromatic heterocycles. The molecule has 0 aliphatic carbocycles. The van der Waals surface area contributed by atoms with Crippen LogP contribution in [0.3, 0.4) is 0 Å². The van der Waals surface area contributed by atoms with Crippen molar-refractivity contribution >= 4 is 21.6 Å². The van der Waals surface area contributed by atoms with Gasteiger partial charge in [-0.25, -0.2) is 12.8 Å². The number of benzene rings is 3. The Kier molecular flexibility index (Phi) is 6.29. The maximum absolute atomic E-state index is 13.3. The predicted molar refractivity (Wildman–Crippen MR) is 110 cm³/mol. The first kappa shape index (κ1) is 20.5. The number of halogens is 1. The fourth-order valence-corrected chi connectivity index (χ4v) is 4.25. The molecular weight excluding hydrogens is 391 g/mol. The van der Waals surface area contributed by atoms with Gasteiger partial charge in [0.15, 0.2) is 0 Å². The molecular formula is C22H21FN2O3S. The lowest BCUT2D eigenvalue weighted by molar-refractivity contribution is -0.128. The fourth-order valence-electron chi connectivity index (χ4n) is 2.83. The van der Waals surface area contributed by atoms with E-state index in [1.165, 1.54) is 17.0 Å². The molecule has 7 heteroatoms. The summed E-state index contributed by atoms with van der Waals surface area (Å²) in [5.41, 5.74) is 1.30. The van der Waals surface area contributed by atoms with Gasteiger partial charge in [-0.2, -0.15) is 0 Å². The zero-order chi connectivity index (χ0) is 20.9. The summed E-state index contributed by atoms with van der Waals surface area (Å²) < 4.78 is 40.7. The number of rotatable bonds is 7. The summed E-state index contributed by atoms with van der Waals surface area (Å²) in [7, 11) is -2.43. The van der Waals surface area contributed by atoms with Gasteiger partial charge in [-0.1, -0.05) is 48.5 Å². The summed E-state index contributed by atoms with van der Waals surface area (Å²) >= 11 is 0. The minimum absolute atomic E-state index is 0.0822. The van der Waals surface area contributed by atoms with Gasteiger partial charge >= 0.3 is 0 Å². The average Bonchev–Trinajstić information content (AvgIpc) is 2.73. The molecule has 0 bridgehead atoms. The molecule has 3 rings (SSSR count). The summed E-state index contributed by atoms with van der Waals surface area (Å²) in [6.45, 7) is -0.00798. The van der Waals surface area contributed by atoms with E-state index < -0.39 is 15.8 Å². The molecule has 0 aliphatic rings. The van der Waals surface area contributed by atoms with Crippen molar-refractivity contribution in [3.63, 3.8) is 0 Å². The average molecular weight is 412 g/mol. The molecule has 3 aromatic carbocycles. The molecule has 0 saturated carbocycles. The van der Waals surface area contributed by atoms with E-state index in [0.717, 1.165) is 22.0 Å². The van der Waals surface area contributed by atoms with Gasteiger partial charge in [0.05, 0.1) is 10.6 Å². The van der Waals surface area contributed by atoms with E-state index in [2.05, 4.69) is 0 Å². The van der Waals surface area contributed by atoms with Crippen molar-refractivity contribution in [2.45, 2.75) is 11.4 Å². The fraction of sp³-hybridized carbons (Fsp3) is 0.136. The van der Waals surface area contributed by atoms with Gasteiger partial charge in [-0.3, -0.25) is 9.10 Å². The summed E-state index contributed by atoms with van der Waals surface area (Å²) in [5.74, 6) is -0.891. The smallest absolute Gasteiger partial charge is 0.264 e. The van der Waals surface area contributed by atoms with E-state index in [1.54, 1.807) is 37.4 Å². The molecule has 1 amide bonds. The highest BCUT2D eigenvalue weighted by atomic mass is 32.2. The number of likely N-dealkylation sites (N-methyl/N-ethyl adjacent to an activating group) is 1. The Morgan fingerprint density at radius 2 is 1.41 bits per heavy atom. The number of carbonyl (C=O) groups excluding carboxylic acids is 1. The van der Waals surface area contributed by atoms with Gasteiger partial charge in [0.2, 0.25) is 5.91 Å². The number of amides is 1. The van der Waals surface area contributed by atoms with Crippen LogP contribution in [0.1, 0.15) is 5.56 Å². The largest absolute Gasteiger partial charge is 0.340 e. The van der Waals surface area contributed by atoms with Crippen molar-refractivity contribution in [2.75, 3.05) is 17.9 Å². The molecule has 0 fully saturated rings. The van der Waals surface area contributed by atoms with Crippen LogP contribution in [0.15, 0.2) is 89.8 Å². The Balaban J connectivity index is 1.88. The SMILES string of the molecule is CN(Cc1ccccc1)C(=O)CN(c1ccccc1)S(=O)(=O)c1ccc(F)cc1. The van der Waals surface area contributed by atoms with Crippen LogP contribution in [-0.4, -0.2) is 32.8 Å². The number of carbonyl (C=O) groups is 1. The first-order valence-corrected chi connectivity index (χ1v) is 10.4. The Labute approximate surface area is 170 Å². The van der Waals surface area contributed by atoms with E-state index >= 15 is 0 Å². The molecule has 5 nitrogen and oxygen atoms in total. The van der Waals surface area contributed by atoms with E-state index in [9.17, 15) is 17.6 Å². The van der Waals surface area contributed by atoms with Gasteiger partial charge in [0.1, 0.15) is 12.4 Å². The monoisotopic (exact) mass is 412 g/mol. The van der Waals surface area contributed by atoms with Crippen LogP contribution >= 0.6 is 0 Å². The Morgan fingerprint density at radius 1 is 0.862 bits per heavy atom. The molecule has 0 unspecified atom stereocenters. The van der Waals surface area contributed by atoms with Crippen molar-refractivity contribution in [1.82, 2.24) is 4.90 Å². The highest BCUT2D eigenvalue weighted by Crippen LogP contribution is 2.24. The molecule has 0 N–H and O–H groups in total. The van der Waals surface area contributed by atoms with Crippen LogP contribution < -0.4 is 4.31 Å². The van der Waals surface area contributed by atoms with Crippen molar-refractivity contribution in [3.05, 3.63) is 96.3 Å². The van der Waals surface area contributed by atoms with Gasteiger partial charge < -0.3 is 4.90 Å². The van der Waals surface area contributed by atoms with Gasteiger partial charge in [-0.05, 0) is 42.0 Å². The van der Waals surface area contributed by atoms with Gasteiger partial charge in [-0.15, -0.1) is 0 Å². The summed E-state index contributed by atoms with van der Waals surface area (Å²) in [6.07, 6.45) is 0. The zero-order valence-corrected chi connectivity index (χ0v) is 16.7. The molecule has 29 heavy (non-hydrogen) atoms. The molecule has 150 valence electrons. The lowest BCUT2D eigenvalue weighted by Gasteiger charge is -2.26. The van der Waals surface area contributed by atoms with E-state index in [1.807, 2.05) is 30.3 Å². The molecule has 0 spiro atoms. The van der Waals surface area contributed by atoms with Crippen molar-refractivity contribution < 1.29 is 17.6 Å². The standard InChI is InChI=1S/C22H21FN2O3S/c1-24(16-18-8-4-2-5-9-18)22(26)17-25(20-10-6-3-7-11-20)29(27,28)21-14-12-19(23)13-15-21/h2-15H,16-17H2,1H3. The highest BCUT2D eigenvalue weighted by molar-refractivity contribution is 7.92. The van der Waals surface area contributed by atoms with Gasteiger partial charge in [0, 0.05) is 13.6 Å². The second-order valence-electron chi connectivity index (χ2n) is 6.54. The summed E-state index contributed by atoms with van der Waals surface area (Å²) in [6, 6.07) is 22.4. The molecule has 0 aliphatic heterocycles. The Hall–Kier alpha value is -3.19. The van der Waals surface area contributed by atoms with E-state index in [0.29, 0.717) is 12.2 Å². The molecule has 0 radical (unpaired) electrons. The first-order valence-electron chi connectivity index (χ1n) is 8.99. The first-order chi connectivity index (χ1) is 13.9. The number of hydrogen-bond donors (Lipinski definition) is 0. The third-order valence-corrected chi connectivity index (χ3v) is 6.20. The van der Waals surface area contributed by atoms with Crippen LogP contribution in [0.2, 0.25) is 0 Å². The van der Waals surface area contributed by atoms with E-state index in [-0.39, 0.29) is 17.3 Å². The number of para-hydroxylation sites is 1. The van der Waals surface area contributed by atoms with E-state index in [4.69, 9.17) is 0 Å². The maximum atomic E-state index is 13.3. The topological polar surface area (TPSA) is 57.7 Å². The maximum Gasteiger partial charge on any atom is 0.264 e. The van der Waals surface area contributed by atoms with Crippen molar-refractivity contribution in [3.8, 4) is 0 Å². The number of anilines is 1. The quantitative estimate of drug-likeness (QED) is 0.595. The van der Waals surface area contributed by atoms with Crippen LogP contribution in [0, 0.1) is 5.82 Å². The summed E-state index contributed by atoms with van der Waals surface area (Å²) in [5, 5.41) is 0. The van der Waals surface area contributed by atoms with Gasteiger partial charge in [0.25, 0.3) is 10.0 Å².